The van der Waals surface area contributed by atoms with E-state index in [1.165, 1.54) is 24.3 Å². The number of ether oxygens (including phenoxy) is 1. The maximum absolute atomic E-state index is 12.9. The Bertz CT molecular complexity index is 1140. The molecular weight excluding hydrogens is 456 g/mol. The highest BCUT2D eigenvalue weighted by Gasteiger charge is 2.34. The van der Waals surface area contributed by atoms with Crippen molar-refractivity contribution >= 4 is 40.6 Å². The molecule has 1 aliphatic heterocycles. The van der Waals surface area contributed by atoms with Gasteiger partial charge in [0, 0.05) is 35.6 Å². The third-order valence-corrected chi connectivity index (χ3v) is 5.66. The maximum Gasteiger partial charge on any atom is 0.338 e. The number of benzene rings is 2. The van der Waals surface area contributed by atoms with Crippen molar-refractivity contribution in [2.24, 2.45) is 0 Å². The lowest BCUT2D eigenvalue weighted by molar-refractivity contribution is -0.384. The number of amides is 1. The third-order valence-electron chi connectivity index (χ3n) is 5.32. The second kappa shape index (κ2) is 10.4. The van der Waals surface area contributed by atoms with Crippen LogP contribution < -0.4 is 10.6 Å². The van der Waals surface area contributed by atoms with Crippen LogP contribution in [0.3, 0.4) is 0 Å². The Balaban J connectivity index is 1.83. The van der Waals surface area contributed by atoms with Gasteiger partial charge in [-0.25, -0.2) is 4.79 Å². The molecule has 0 bridgehead atoms. The van der Waals surface area contributed by atoms with Gasteiger partial charge in [0.2, 0.25) is 0 Å². The summed E-state index contributed by atoms with van der Waals surface area (Å²) in [5.74, 6) is -0.809. The number of non-ortho nitro benzene ring substituents is 1. The molecule has 0 spiro atoms. The molecule has 1 heterocycles. The molecule has 178 valence electrons. The summed E-state index contributed by atoms with van der Waals surface area (Å²) in [5, 5.41) is 17.3. The van der Waals surface area contributed by atoms with Gasteiger partial charge in [-0.3, -0.25) is 14.9 Å². The fraction of sp³-hybridized carbons (Fsp3) is 0.292. The fourth-order valence-corrected chi connectivity index (χ4v) is 4.03. The molecule has 0 saturated heterocycles. The van der Waals surface area contributed by atoms with Crippen LogP contribution in [-0.4, -0.2) is 39.5 Å². The van der Waals surface area contributed by atoms with Crippen LogP contribution in [0.5, 0.6) is 0 Å². The van der Waals surface area contributed by atoms with Gasteiger partial charge < -0.3 is 20.3 Å². The Morgan fingerprint density at radius 1 is 1.18 bits per heavy atom. The number of allylic oxidation sites excluding steroid dienone is 1. The summed E-state index contributed by atoms with van der Waals surface area (Å²) in [5.41, 5.74) is 2.74. The zero-order valence-electron chi connectivity index (χ0n) is 19.3. The minimum Gasteiger partial charge on any atom is -0.459 e. The summed E-state index contributed by atoms with van der Waals surface area (Å²) in [6.45, 7) is 7.99. The lowest BCUT2D eigenvalue weighted by Gasteiger charge is -2.37. The van der Waals surface area contributed by atoms with Crippen LogP contribution in [0.15, 0.2) is 59.8 Å². The number of carbonyl (C=O) groups is 2. The van der Waals surface area contributed by atoms with Crippen LogP contribution in [0.25, 0.3) is 0 Å². The molecule has 1 aliphatic rings. The number of rotatable bonds is 7. The van der Waals surface area contributed by atoms with Gasteiger partial charge in [-0.1, -0.05) is 12.1 Å². The number of nitrogens with zero attached hydrogens (tertiary/aromatic N) is 2. The number of esters is 1. The van der Waals surface area contributed by atoms with Crippen LogP contribution in [-0.2, 0) is 9.53 Å². The Morgan fingerprint density at radius 2 is 1.79 bits per heavy atom. The third kappa shape index (κ3) is 5.40. The second-order valence-corrected chi connectivity index (χ2v) is 8.35. The Morgan fingerprint density at radius 3 is 2.32 bits per heavy atom. The lowest BCUT2D eigenvalue weighted by atomic mass is 9.94. The zero-order chi connectivity index (χ0) is 25.0. The number of hydrogen-bond donors (Lipinski definition) is 2. The number of nitrogens with one attached hydrogen (secondary N) is 2. The molecular formula is C24H26N4O5S. The summed E-state index contributed by atoms with van der Waals surface area (Å²) >= 11 is 5.50. The van der Waals surface area contributed by atoms with Gasteiger partial charge in [-0.05, 0) is 69.7 Å². The fourth-order valence-electron chi connectivity index (χ4n) is 3.65. The van der Waals surface area contributed by atoms with Crippen molar-refractivity contribution < 1.29 is 19.2 Å². The van der Waals surface area contributed by atoms with Gasteiger partial charge >= 0.3 is 5.97 Å². The van der Waals surface area contributed by atoms with E-state index < -0.39 is 22.8 Å². The number of anilines is 1. The van der Waals surface area contributed by atoms with Gasteiger partial charge in [-0.2, -0.15) is 0 Å². The molecule has 0 unspecified atom stereocenters. The quantitative estimate of drug-likeness (QED) is 0.260. The maximum atomic E-state index is 12.9. The summed E-state index contributed by atoms with van der Waals surface area (Å²) in [4.78, 5) is 37.5. The van der Waals surface area contributed by atoms with Crippen molar-refractivity contribution in [3.8, 4) is 0 Å². The first-order chi connectivity index (χ1) is 16.1. The first-order valence-electron chi connectivity index (χ1n) is 10.8. The molecule has 2 aromatic rings. The highest BCUT2D eigenvalue weighted by molar-refractivity contribution is 7.80. The summed E-state index contributed by atoms with van der Waals surface area (Å²) in [6.07, 6.45) is -0.269. The standard InChI is InChI=1S/C24H26N4O5S/c1-5-27-15(4)20(23(30)33-14(2)3)21(26-24(27)34)16-6-10-18(11-7-16)25-22(29)17-8-12-19(13-9-17)28(31)32/h6-14,21H,5H2,1-4H3,(H,25,29)(H,26,34)/t21-/m0/s1. The molecule has 0 aromatic heterocycles. The molecule has 1 atom stereocenters. The molecule has 3 rings (SSSR count). The number of nitro benzene ring substituents is 1. The van der Waals surface area contributed by atoms with Crippen molar-refractivity contribution in [1.82, 2.24) is 10.2 Å². The van der Waals surface area contributed by atoms with Crippen LogP contribution in [0.4, 0.5) is 11.4 Å². The first kappa shape index (κ1) is 24.8. The molecule has 0 radical (unpaired) electrons. The topological polar surface area (TPSA) is 114 Å². The SMILES string of the molecule is CCN1C(=S)N[C@@H](c2ccc(NC(=O)c3ccc([N+](=O)[O-])cc3)cc2)C(C(=O)OC(C)C)=C1C. The highest BCUT2D eigenvalue weighted by Crippen LogP contribution is 2.32. The van der Waals surface area contributed by atoms with Crippen LogP contribution >= 0.6 is 12.2 Å². The molecule has 10 heteroatoms. The van der Waals surface area contributed by atoms with E-state index in [2.05, 4.69) is 10.6 Å². The second-order valence-electron chi connectivity index (χ2n) is 7.96. The average molecular weight is 483 g/mol. The van der Waals surface area contributed by atoms with Gasteiger partial charge in [0.15, 0.2) is 5.11 Å². The predicted octanol–water partition coefficient (Wildman–Crippen LogP) is 4.32. The van der Waals surface area contributed by atoms with E-state index in [4.69, 9.17) is 17.0 Å². The van der Waals surface area contributed by atoms with E-state index in [-0.39, 0.29) is 11.8 Å². The smallest absolute Gasteiger partial charge is 0.338 e. The van der Waals surface area contributed by atoms with Crippen LogP contribution in [0.2, 0.25) is 0 Å². The predicted molar refractivity (Wildman–Crippen MR) is 132 cm³/mol. The normalized spacial score (nSPS) is 15.7. The molecule has 0 saturated carbocycles. The van der Waals surface area contributed by atoms with Crippen molar-refractivity contribution in [3.63, 3.8) is 0 Å². The van der Waals surface area contributed by atoms with Gasteiger partial charge in [0.25, 0.3) is 11.6 Å². The molecule has 0 aliphatic carbocycles. The highest BCUT2D eigenvalue weighted by atomic mass is 32.1. The number of nitro groups is 1. The average Bonchev–Trinajstić information content (AvgIpc) is 2.79. The monoisotopic (exact) mass is 482 g/mol. The number of thiocarbonyl (C=S) groups is 1. The van der Waals surface area contributed by atoms with Crippen LogP contribution in [0.1, 0.15) is 49.7 Å². The van der Waals surface area contributed by atoms with E-state index in [9.17, 15) is 19.7 Å². The summed E-state index contributed by atoms with van der Waals surface area (Å²) in [6, 6.07) is 11.9. The molecule has 9 nitrogen and oxygen atoms in total. The van der Waals surface area contributed by atoms with Crippen LogP contribution in [0, 0.1) is 10.1 Å². The molecule has 34 heavy (non-hydrogen) atoms. The van der Waals surface area contributed by atoms with Gasteiger partial charge in [0.05, 0.1) is 22.6 Å². The molecule has 1 amide bonds. The van der Waals surface area contributed by atoms with Crippen molar-refractivity contribution in [2.45, 2.75) is 39.8 Å². The summed E-state index contributed by atoms with van der Waals surface area (Å²) < 4.78 is 5.48. The Kier molecular flexibility index (Phi) is 7.62. The lowest BCUT2D eigenvalue weighted by Crippen LogP contribution is -2.47. The number of carbonyl (C=O) groups excluding carboxylic acids is 2. The zero-order valence-corrected chi connectivity index (χ0v) is 20.1. The van der Waals surface area contributed by atoms with E-state index in [1.54, 1.807) is 38.1 Å². The van der Waals surface area contributed by atoms with E-state index >= 15 is 0 Å². The van der Waals surface area contributed by atoms with Crippen molar-refractivity contribution in [2.75, 3.05) is 11.9 Å². The minimum atomic E-state index is -0.521. The van der Waals surface area contributed by atoms with Gasteiger partial charge in [-0.15, -0.1) is 0 Å². The first-order valence-corrected chi connectivity index (χ1v) is 11.2. The number of hydrogen-bond acceptors (Lipinski definition) is 6. The van der Waals surface area contributed by atoms with Crippen molar-refractivity contribution in [1.29, 1.82) is 0 Å². The Labute approximate surface area is 202 Å². The van der Waals surface area contributed by atoms with E-state index in [1.807, 2.05) is 18.7 Å². The van der Waals surface area contributed by atoms with E-state index in [0.29, 0.717) is 28.5 Å². The largest absolute Gasteiger partial charge is 0.459 e. The minimum absolute atomic E-state index is 0.0874. The van der Waals surface area contributed by atoms with Crippen molar-refractivity contribution in [3.05, 3.63) is 81.0 Å². The Hall–Kier alpha value is -3.79. The van der Waals surface area contributed by atoms with Gasteiger partial charge in [0.1, 0.15) is 0 Å². The summed E-state index contributed by atoms with van der Waals surface area (Å²) in [7, 11) is 0. The molecule has 2 N–H and O–H groups in total. The molecule has 0 fully saturated rings. The molecule has 2 aromatic carbocycles. The van der Waals surface area contributed by atoms with E-state index in [0.717, 1.165) is 11.3 Å².